The van der Waals surface area contributed by atoms with Crippen molar-refractivity contribution in [3.63, 3.8) is 0 Å². The number of ketones is 3. The van der Waals surface area contributed by atoms with E-state index in [0.717, 1.165) is 118 Å². The van der Waals surface area contributed by atoms with E-state index in [1.807, 2.05) is 79.7 Å². The predicted molar refractivity (Wildman–Crippen MR) is 583 cm³/mol. The highest BCUT2D eigenvalue weighted by molar-refractivity contribution is 7.90. The molecular formula is C119H115N19O9S2. The minimum Gasteiger partial charge on any atom is -0.481 e. The number of aromatic amines is 5. The van der Waals surface area contributed by atoms with E-state index >= 15 is 0 Å². The summed E-state index contributed by atoms with van der Waals surface area (Å²) in [4.78, 5) is 91.5. The standard InChI is InChI=1S/C29H23N5O3S.C23H19N5O.C20H17N3O3S.C12H14N2.2C11H12N2.C9H12.C4H6O2/c1-18-23(17-30-33(18)21-13-14-24-25(16-21)32-29(31-24)19-11-12-19)28(35)27-15-20-7-5-6-10-26(20)34(27)38(36,37)22-8-3-2-4-9-22;24-22-18(21(29)16-9-14-3-1-2-4-15(14)10-16)12-25-28(22)17-7-8-19-20(11-17)27-23(26-19)13-5-6-13;1-22(2)14-16(13-21)20(24)19-12-15-8-6-7-11-18(15)23(19)27(25,26)17-9-4-3-5-10-17;1-2-8-3-6-10-11(7-8)14-12(13-10)9-4-5-9;2*1-7-2-5-9-10(6-7)13-11(12-9)8-3-4-8;1-7-4-5-8(2)9(3)6-7;5-4(6)3-1-2-3/h2-10,13-17,19H,11-12H2,1H3,(H,31,32);1-4,7-9,11-13H,5-6,10,24H2,(H,26,27);3-12,14H,1-2H3;3,6-7,9H,2,4-5H2,1H3,(H,13,14);2*2,5-6,8H,3-4H2,1H3,(H,12,13);4-6H,1-3H3;3H,1-2H2,(H,5,6)/b;;16-14+;;;;;. The van der Waals surface area contributed by atoms with Crippen LogP contribution in [-0.4, -0.2) is 142 Å². The van der Waals surface area contributed by atoms with Crippen LogP contribution in [0.15, 0.2) is 294 Å². The average Bonchev–Trinajstić information content (AvgIpc) is 1.59. The van der Waals surface area contributed by atoms with E-state index in [2.05, 4.69) is 180 Å². The van der Waals surface area contributed by atoms with Gasteiger partial charge in [0.2, 0.25) is 11.6 Å². The van der Waals surface area contributed by atoms with Gasteiger partial charge in [-0.25, -0.2) is 59.1 Å². The largest absolute Gasteiger partial charge is 0.481 e. The number of fused-ring (bicyclic) bond motifs is 8. The summed E-state index contributed by atoms with van der Waals surface area (Å²) < 4.78 is 59.5. The molecule has 9 aromatic heterocycles. The van der Waals surface area contributed by atoms with Crippen molar-refractivity contribution in [1.82, 2.24) is 82.2 Å². The van der Waals surface area contributed by atoms with Crippen molar-refractivity contribution in [2.24, 2.45) is 5.92 Å². The molecule has 7 aliphatic carbocycles. The third kappa shape index (κ3) is 22.2. The summed E-state index contributed by atoms with van der Waals surface area (Å²) in [5.74, 6) is 7.45. The van der Waals surface area contributed by atoms with E-state index in [1.165, 1.54) is 161 Å². The number of hydrogen-bond acceptors (Lipinski definition) is 18. The van der Waals surface area contributed by atoms with Crippen LogP contribution in [0.25, 0.3) is 94.4 Å². The summed E-state index contributed by atoms with van der Waals surface area (Å²) in [5, 5.41) is 27.6. The number of benzene rings is 11. The van der Waals surface area contributed by atoms with Gasteiger partial charge in [0.1, 0.15) is 58.0 Å². The fourth-order valence-corrected chi connectivity index (χ4v) is 21.3. The monoisotopic (exact) mass is 2020 g/mol. The van der Waals surface area contributed by atoms with Crippen LogP contribution in [-0.2, 0) is 37.7 Å². The molecule has 149 heavy (non-hydrogen) atoms. The third-order valence-corrected chi connectivity index (χ3v) is 31.1. The first-order valence-electron chi connectivity index (χ1n) is 50.6. The van der Waals surface area contributed by atoms with Gasteiger partial charge in [-0.1, -0.05) is 146 Å². The molecule has 0 aliphatic heterocycles. The van der Waals surface area contributed by atoms with Crippen LogP contribution < -0.4 is 5.73 Å². The Morgan fingerprint density at radius 3 is 1.28 bits per heavy atom. The van der Waals surface area contributed by atoms with Crippen LogP contribution in [0.5, 0.6) is 0 Å². The Hall–Kier alpha value is -16.8. The Morgan fingerprint density at radius 2 is 0.846 bits per heavy atom. The molecule has 8 N–H and O–H groups in total. The van der Waals surface area contributed by atoms with Crippen molar-refractivity contribution >= 4 is 132 Å². The molecule has 30 heteroatoms. The van der Waals surface area contributed by atoms with Gasteiger partial charge < -0.3 is 40.7 Å². The number of carboxylic acid groups (broad SMARTS) is 1. The number of carbonyl (C=O) groups is 4. The quantitative estimate of drug-likeness (QED) is 0.0212. The zero-order valence-corrected chi connectivity index (χ0v) is 86.0. The number of H-pyrrole nitrogens is 5. The summed E-state index contributed by atoms with van der Waals surface area (Å²) >= 11 is 0. The summed E-state index contributed by atoms with van der Waals surface area (Å²) in [6.07, 6.45) is 22.5. The Balaban J connectivity index is 0.000000109. The maximum absolute atomic E-state index is 13.9. The van der Waals surface area contributed by atoms with Crippen molar-refractivity contribution in [3.05, 3.63) is 386 Å². The molecule has 0 saturated heterocycles. The number of para-hydroxylation sites is 2. The second kappa shape index (κ2) is 42.0. The van der Waals surface area contributed by atoms with E-state index in [-0.39, 0.29) is 38.5 Å². The Bertz CT molecular complexity index is 8810. The van der Waals surface area contributed by atoms with Gasteiger partial charge in [-0.2, -0.15) is 15.5 Å². The fourth-order valence-electron chi connectivity index (χ4n) is 18.2. The number of rotatable bonds is 20. The van der Waals surface area contributed by atoms with Crippen molar-refractivity contribution in [2.75, 3.05) is 19.8 Å². The molecule has 11 aromatic carbocycles. The third-order valence-electron chi connectivity index (χ3n) is 27.6. The minimum atomic E-state index is -4.03. The molecule has 752 valence electrons. The normalized spacial score (nSPS) is 14.6. The lowest BCUT2D eigenvalue weighted by Gasteiger charge is -2.12. The van der Waals surface area contributed by atoms with Crippen LogP contribution in [0, 0.1) is 58.8 Å². The minimum absolute atomic E-state index is 0.0185. The van der Waals surface area contributed by atoms with Crippen LogP contribution >= 0.6 is 0 Å². The zero-order chi connectivity index (χ0) is 104. The highest BCUT2D eigenvalue weighted by Crippen LogP contribution is 2.45. The number of nitriles is 1. The molecule has 0 radical (unpaired) electrons. The Labute approximate surface area is 862 Å². The SMILES string of the molecule is CCc1ccc2nc(C3CC3)[nH]c2c1.CN(C)/C=C(\C#N)C(=O)c1cc2ccccc2n1S(=O)(=O)c1ccccc1.Cc1c(C(=O)c2cc3ccccc3n2S(=O)(=O)c2ccccc2)cnn1-c1ccc2nc(C3CC3)[nH]c2c1.Cc1ccc(C)c(C)c1.Cc1ccc2nc(C3CC3)[nH]c2c1.Cc1ccc2nc(C3CC3)[nH]c2c1.Nc1c(C(=O)C2=Cc3ccccc3C2)cnn1-c1ccc2nc(C3CC3)[nH]c2c1.O=C(O)C1CC1. The van der Waals surface area contributed by atoms with E-state index in [9.17, 15) is 41.3 Å². The lowest BCUT2D eigenvalue weighted by atomic mass is 10.0. The number of aryl methyl sites for hydroxylation is 6. The molecule has 20 aromatic rings. The number of allylic oxidation sites excluding steroid dienone is 2. The molecule has 0 amide bonds. The maximum Gasteiger partial charge on any atom is 0.306 e. The second-order valence-corrected chi connectivity index (χ2v) is 43.3. The van der Waals surface area contributed by atoms with Gasteiger partial charge in [0.05, 0.1) is 122 Å². The average molecular weight is 2020 g/mol. The molecule has 0 spiro atoms. The fraction of sp³-hybridized carbons (Fsp3) is 0.244. The number of aliphatic carboxylic acids is 1. The Kier molecular flexibility index (Phi) is 28.1. The van der Waals surface area contributed by atoms with Crippen LogP contribution in [0.4, 0.5) is 5.82 Å². The molecule has 9 heterocycles. The van der Waals surface area contributed by atoms with Crippen molar-refractivity contribution in [3.8, 4) is 17.4 Å². The number of carbonyl (C=O) groups excluding carboxylic acids is 3. The lowest BCUT2D eigenvalue weighted by molar-refractivity contribution is -0.138. The van der Waals surface area contributed by atoms with Gasteiger partial charge in [0.15, 0.2) is 5.78 Å². The Morgan fingerprint density at radius 1 is 0.443 bits per heavy atom. The molecule has 0 atom stereocenters. The van der Waals surface area contributed by atoms with E-state index in [4.69, 9.17) is 10.8 Å². The van der Waals surface area contributed by atoms with Gasteiger partial charge in [-0.15, -0.1) is 0 Å². The molecule has 0 bridgehead atoms. The van der Waals surface area contributed by atoms with Crippen LogP contribution in [0.2, 0.25) is 0 Å². The summed E-state index contributed by atoms with van der Waals surface area (Å²) in [5.41, 5.74) is 31.7. The lowest BCUT2D eigenvalue weighted by Crippen LogP contribution is -2.20. The molecule has 28 nitrogen and oxygen atoms in total. The highest BCUT2D eigenvalue weighted by atomic mass is 32.2. The zero-order valence-electron chi connectivity index (χ0n) is 84.3. The van der Waals surface area contributed by atoms with Crippen LogP contribution in [0.3, 0.4) is 0 Å². The van der Waals surface area contributed by atoms with Gasteiger partial charge >= 0.3 is 5.97 Å². The summed E-state index contributed by atoms with van der Waals surface area (Å²) in [6, 6.07) is 80.4. The number of hydrogen-bond donors (Lipinski definition) is 7. The van der Waals surface area contributed by atoms with E-state index < -0.39 is 37.6 Å². The number of anilines is 1. The van der Waals surface area contributed by atoms with Gasteiger partial charge in [-0.05, 0) is 291 Å². The molecule has 0 unspecified atom stereocenters. The topological polar surface area (TPSA) is 399 Å². The number of imidazole rings is 5. The molecule has 6 fully saturated rings. The maximum atomic E-state index is 13.9. The van der Waals surface area contributed by atoms with E-state index in [0.29, 0.717) is 80.5 Å². The first-order chi connectivity index (χ1) is 72.0. The molecule has 6 saturated carbocycles. The first-order valence-corrected chi connectivity index (χ1v) is 53.4. The highest BCUT2D eigenvalue weighted by Gasteiger charge is 2.36. The second-order valence-electron chi connectivity index (χ2n) is 39.7. The van der Waals surface area contributed by atoms with Gasteiger partial charge in [0, 0.05) is 72.7 Å². The number of carboxylic acids is 1. The number of nitrogens with zero attached hydrogens (tertiary/aromatic N) is 13. The number of nitrogens with two attached hydrogens (primary N) is 1. The molecule has 27 rings (SSSR count). The smallest absolute Gasteiger partial charge is 0.306 e. The first kappa shape index (κ1) is 99.6. The number of Topliss-reactive ketones (excluding diaryl/α,β-unsaturated/α-hetero) is 2. The van der Waals surface area contributed by atoms with Gasteiger partial charge in [-0.3, -0.25) is 19.2 Å². The summed E-state index contributed by atoms with van der Waals surface area (Å²) in [7, 11) is -4.69. The van der Waals surface area contributed by atoms with Gasteiger partial charge in [0.25, 0.3) is 20.0 Å². The number of nitrogen functional groups attached to an aromatic ring is 1. The molecule has 7 aliphatic rings. The number of nitrogens with one attached hydrogen (secondary N) is 5. The predicted octanol–water partition coefficient (Wildman–Crippen LogP) is 24.0. The van der Waals surface area contributed by atoms with Crippen molar-refractivity contribution < 1.29 is 41.1 Å². The number of aromatic nitrogens is 16. The van der Waals surface area contributed by atoms with Crippen molar-refractivity contribution in [1.29, 1.82) is 5.26 Å². The molecular weight excluding hydrogens is 1900 g/mol. The van der Waals surface area contributed by atoms with Crippen LogP contribution in [0.1, 0.15) is 230 Å². The van der Waals surface area contributed by atoms with E-state index in [1.54, 1.807) is 119 Å². The van der Waals surface area contributed by atoms with Crippen molar-refractivity contribution in [2.45, 2.75) is 178 Å². The summed E-state index contributed by atoms with van der Waals surface area (Å²) in [6.45, 7) is 14.6.